The van der Waals surface area contributed by atoms with E-state index in [1.165, 1.54) is 12.1 Å². The minimum atomic E-state index is 0.320. The van der Waals surface area contributed by atoms with Crippen LogP contribution in [0, 0.1) is 17.3 Å². The van der Waals surface area contributed by atoms with E-state index in [1.54, 1.807) is 0 Å². The Labute approximate surface area is 118 Å². The van der Waals surface area contributed by atoms with Gasteiger partial charge in [0.05, 0.1) is 0 Å². The summed E-state index contributed by atoms with van der Waals surface area (Å²) in [5, 5.41) is 0. The maximum Gasteiger partial charge on any atom is 0.0363 e. The maximum absolute atomic E-state index is 6.24. The molecule has 3 unspecified atom stereocenters. The highest BCUT2D eigenvalue weighted by Crippen LogP contribution is 2.44. The van der Waals surface area contributed by atoms with Crippen LogP contribution in [0.15, 0.2) is 30.3 Å². The number of rotatable bonds is 3. The number of nitrogens with two attached hydrogens (primary N) is 1. The smallest absolute Gasteiger partial charge is 0.0363 e. The van der Waals surface area contributed by atoms with Crippen LogP contribution in [0.2, 0.25) is 0 Å². The zero-order valence-corrected chi connectivity index (χ0v) is 12.8. The fraction of sp³-hybridized carbons (Fsp3) is 0.647. The fourth-order valence-electron chi connectivity index (χ4n) is 3.38. The zero-order valence-electron chi connectivity index (χ0n) is 12.8. The van der Waals surface area contributed by atoms with Crippen LogP contribution in [0.3, 0.4) is 0 Å². The molecule has 0 saturated heterocycles. The number of nitrogens with zero attached hydrogens (tertiary/aromatic N) is 1. The Morgan fingerprint density at radius 3 is 2.47 bits per heavy atom. The highest BCUT2D eigenvalue weighted by atomic mass is 15.1. The lowest BCUT2D eigenvalue weighted by Gasteiger charge is -2.48. The topological polar surface area (TPSA) is 29.3 Å². The van der Waals surface area contributed by atoms with Crippen LogP contribution >= 0.6 is 0 Å². The molecule has 0 heterocycles. The second-order valence-corrected chi connectivity index (χ2v) is 6.76. The molecule has 0 amide bonds. The molecular weight excluding hydrogens is 232 g/mol. The lowest BCUT2D eigenvalue weighted by molar-refractivity contribution is 0.0588. The molecule has 2 N–H and O–H groups in total. The molecule has 0 radical (unpaired) electrons. The SMILES string of the molecule is CC1C(N)CCC(CN(C)c2ccccc2)C1(C)C. The van der Waals surface area contributed by atoms with Crippen molar-refractivity contribution in [1.82, 2.24) is 0 Å². The third-order valence-corrected chi connectivity index (χ3v) is 5.41. The van der Waals surface area contributed by atoms with E-state index in [9.17, 15) is 0 Å². The van der Waals surface area contributed by atoms with Crippen LogP contribution < -0.4 is 10.6 Å². The van der Waals surface area contributed by atoms with E-state index in [1.807, 2.05) is 0 Å². The lowest BCUT2D eigenvalue weighted by Crippen LogP contribution is -2.49. The average Bonchev–Trinajstić information content (AvgIpc) is 2.41. The van der Waals surface area contributed by atoms with Crippen LogP contribution in [0.25, 0.3) is 0 Å². The number of hydrogen-bond acceptors (Lipinski definition) is 2. The van der Waals surface area contributed by atoms with E-state index >= 15 is 0 Å². The van der Waals surface area contributed by atoms with E-state index in [-0.39, 0.29) is 0 Å². The number of benzene rings is 1. The van der Waals surface area contributed by atoms with Gasteiger partial charge in [-0.3, -0.25) is 0 Å². The van der Waals surface area contributed by atoms with Gasteiger partial charge in [0.15, 0.2) is 0 Å². The summed E-state index contributed by atoms with van der Waals surface area (Å²) in [6, 6.07) is 11.0. The summed E-state index contributed by atoms with van der Waals surface area (Å²) in [6.07, 6.45) is 2.41. The zero-order chi connectivity index (χ0) is 14.0. The Morgan fingerprint density at radius 2 is 1.84 bits per heavy atom. The molecule has 0 bridgehead atoms. The van der Waals surface area contributed by atoms with Crippen molar-refractivity contribution in [2.45, 2.75) is 39.7 Å². The van der Waals surface area contributed by atoms with Crippen LogP contribution in [0.4, 0.5) is 5.69 Å². The quantitative estimate of drug-likeness (QED) is 0.901. The standard InChI is InChI=1S/C17H28N2/c1-13-16(18)11-10-14(17(13,2)3)12-19(4)15-8-6-5-7-9-15/h5-9,13-14,16H,10-12,18H2,1-4H3. The molecule has 2 nitrogen and oxygen atoms in total. The highest BCUT2D eigenvalue weighted by Gasteiger charge is 2.41. The van der Waals surface area contributed by atoms with Crippen LogP contribution in [0.1, 0.15) is 33.6 Å². The van der Waals surface area contributed by atoms with Crippen molar-refractivity contribution < 1.29 is 0 Å². The summed E-state index contributed by atoms with van der Waals surface area (Å²) in [4.78, 5) is 2.38. The molecule has 1 aliphatic carbocycles. The van der Waals surface area contributed by atoms with E-state index in [4.69, 9.17) is 5.73 Å². The molecule has 2 rings (SSSR count). The fourth-order valence-corrected chi connectivity index (χ4v) is 3.38. The van der Waals surface area contributed by atoms with Gasteiger partial charge in [-0.25, -0.2) is 0 Å². The van der Waals surface area contributed by atoms with Crippen LogP contribution in [0.5, 0.6) is 0 Å². The molecule has 1 aromatic rings. The molecule has 1 aliphatic rings. The summed E-state index contributed by atoms with van der Waals surface area (Å²) >= 11 is 0. The Morgan fingerprint density at radius 1 is 1.21 bits per heavy atom. The summed E-state index contributed by atoms with van der Waals surface area (Å²) in [5.41, 5.74) is 7.87. The highest BCUT2D eigenvalue weighted by molar-refractivity contribution is 5.45. The van der Waals surface area contributed by atoms with Gasteiger partial charge in [0.25, 0.3) is 0 Å². The molecule has 0 aromatic heterocycles. The van der Waals surface area contributed by atoms with Crippen molar-refractivity contribution in [2.24, 2.45) is 23.0 Å². The van der Waals surface area contributed by atoms with E-state index in [0.717, 1.165) is 13.0 Å². The second kappa shape index (κ2) is 5.54. The van der Waals surface area contributed by atoms with Crippen molar-refractivity contribution in [3.05, 3.63) is 30.3 Å². The van der Waals surface area contributed by atoms with Crippen molar-refractivity contribution in [3.63, 3.8) is 0 Å². The van der Waals surface area contributed by atoms with Crippen molar-refractivity contribution in [2.75, 3.05) is 18.5 Å². The third kappa shape index (κ3) is 2.94. The van der Waals surface area contributed by atoms with Crippen LogP contribution in [-0.2, 0) is 0 Å². The first-order valence-electron chi connectivity index (χ1n) is 7.44. The lowest BCUT2D eigenvalue weighted by atomic mass is 9.61. The molecule has 1 saturated carbocycles. The first kappa shape index (κ1) is 14.4. The van der Waals surface area contributed by atoms with Crippen molar-refractivity contribution in [3.8, 4) is 0 Å². The molecule has 2 heteroatoms. The molecule has 106 valence electrons. The first-order chi connectivity index (χ1) is 8.93. The Kier molecular flexibility index (Phi) is 4.19. The van der Waals surface area contributed by atoms with Gasteiger partial charge in [-0.1, -0.05) is 39.0 Å². The molecule has 0 aliphatic heterocycles. The number of hydrogen-bond donors (Lipinski definition) is 1. The molecule has 1 fully saturated rings. The van der Waals surface area contributed by atoms with Gasteiger partial charge in [-0.2, -0.15) is 0 Å². The maximum atomic E-state index is 6.24. The van der Waals surface area contributed by atoms with Gasteiger partial charge >= 0.3 is 0 Å². The molecular formula is C17H28N2. The Bertz CT molecular complexity index is 399. The van der Waals surface area contributed by atoms with Gasteiger partial charge in [0.2, 0.25) is 0 Å². The summed E-state index contributed by atoms with van der Waals surface area (Å²) in [7, 11) is 2.20. The minimum Gasteiger partial charge on any atom is -0.374 e. The summed E-state index contributed by atoms with van der Waals surface area (Å²) < 4.78 is 0. The number of para-hydroxylation sites is 1. The van der Waals surface area contributed by atoms with Gasteiger partial charge in [-0.05, 0) is 42.2 Å². The van der Waals surface area contributed by atoms with Crippen molar-refractivity contribution >= 4 is 5.69 Å². The first-order valence-corrected chi connectivity index (χ1v) is 7.44. The van der Waals surface area contributed by atoms with E-state index in [0.29, 0.717) is 23.3 Å². The molecule has 0 spiro atoms. The predicted octanol–water partition coefficient (Wildman–Crippen LogP) is 3.52. The van der Waals surface area contributed by atoms with E-state index in [2.05, 4.69) is 63.1 Å². The average molecular weight is 260 g/mol. The molecule has 1 aromatic carbocycles. The Hall–Kier alpha value is -1.02. The molecule has 19 heavy (non-hydrogen) atoms. The van der Waals surface area contributed by atoms with E-state index < -0.39 is 0 Å². The van der Waals surface area contributed by atoms with Gasteiger partial charge < -0.3 is 10.6 Å². The Balaban J connectivity index is 2.06. The van der Waals surface area contributed by atoms with Crippen molar-refractivity contribution in [1.29, 1.82) is 0 Å². The molecule has 3 atom stereocenters. The largest absolute Gasteiger partial charge is 0.374 e. The number of anilines is 1. The third-order valence-electron chi connectivity index (χ3n) is 5.41. The van der Waals surface area contributed by atoms with Crippen LogP contribution in [-0.4, -0.2) is 19.6 Å². The predicted molar refractivity (Wildman–Crippen MR) is 83.4 cm³/mol. The second-order valence-electron chi connectivity index (χ2n) is 6.76. The van der Waals surface area contributed by atoms with Gasteiger partial charge in [0.1, 0.15) is 0 Å². The summed E-state index contributed by atoms with van der Waals surface area (Å²) in [6.45, 7) is 8.22. The van der Waals surface area contributed by atoms with Gasteiger partial charge in [0, 0.05) is 25.3 Å². The monoisotopic (exact) mass is 260 g/mol. The summed E-state index contributed by atoms with van der Waals surface area (Å²) in [5.74, 6) is 1.31. The normalized spacial score (nSPS) is 30.1. The van der Waals surface area contributed by atoms with Gasteiger partial charge in [-0.15, -0.1) is 0 Å². The minimum absolute atomic E-state index is 0.320.